The maximum absolute atomic E-state index is 5.95. The Morgan fingerprint density at radius 1 is 1.15 bits per heavy atom. The molecule has 0 bridgehead atoms. The lowest BCUT2D eigenvalue weighted by molar-refractivity contribution is 0.589. The van der Waals surface area contributed by atoms with Gasteiger partial charge < -0.3 is 5.73 Å². The summed E-state index contributed by atoms with van der Waals surface area (Å²) in [6.45, 7) is 2.16. The minimum Gasteiger partial charge on any atom is -0.328 e. The summed E-state index contributed by atoms with van der Waals surface area (Å²) in [5.41, 5.74) is 10.4. The maximum atomic E-state index is 5.95. The van der Waals surface area contributed by atoms with Gasteiger partial charge in [-0.15, -0.1) is 0 Å². The van der Waals surface area contributed by atoms with Gasteiger partial charge in [-0.1, -0.05) is 23.8 Å². The summed E-state index contributed by atoms with van der Waals surface area (Å²) in [5, 5.41) is 0. The number of rotatable bonds is 0. The second kappa shape index (κ2) is 3.51. The molecule has 0 heterocycles. The predicted octanol–water partition coefficient (Wildman–Crippen LogP) is 2.20. The monoisotopic (exact) mass is 175 g/mol. The van der Waals surface area contributed by atoms with Gasteiger partial charge in [-0.3, -0.25) is 0 Å². The second-order valence-corrected chi connectivity index (χ2v) is 4.11. The molecule has 0 spiro atoms. The Hall–Kier alpha value is -0.820. The Kier molecular flexibility index (Phi) is 2.36. The van der Waals surface area contributed by atoms with Gasteiger partial charge in [0.1, 0.15) is 0 Å². The second-order valence-electron chi connectivity index (χ2n) is 4.11. The van der Waals surface area contributed by atoms with Crippen molar-refractivity contribution in [2.45, 2.75) is 38.6 Å². The highest BCUT2D eigenvalue weighted by Crippen LogP contribution is 2.20. The van der Waals surface area contributed by atoms with Crippen molar-refractivity contribution >= 4 is 0 Å². The molecular weight excluding hydrogens is 158 g/mol. The molecule has 0 aromatic heterocycles. The van der Waals surface area contributed by atoms with Crippen molar-refractivity contribution in [2.24, 2.45) is 5.73 Å². The van der Waals surface area contributed by atoms with Gasteiger partial charge in [0.05, 0.1) is 0 Å². The number of fused-ring (bicyclic) bond motifs is 1. The molecule has 0 saturated heterocycles. The molecule has 1 aliphatic rings. The van der Waals surface area contributed by atoms with E-state index in [9.17, 15) is 0 Å². The lowest BCUT2D eigenvalue weighted by Gasteiger charge is -2.05. The van der Waals surface area contributed by atoms with Crippen LogP contribution in [0.4, 0.5) is 0 Å². The van der Waals surface area contributed by atoms with E-state index in [2.05, 4.69) is 25.1 Å². The average molecular weight is 175 g/mol. The van der Waals surface area contributed by atoms with Crippen LogP contribution in [0.3, 0.4) is 0 Å². The van der Waals surface area contributed by atoms with E-state index in [1.807, 2.05) is 0 Å². The van der Waals surface area contributed by atoms with Gasteiger partial charge in [-0.2, -0.15) is 0 Å². The molecular formula is C12H17N. The summed E-state index contributed by atoms with van der Waals surface area (Å²) in [7, 11) is 0. The fourth-order valence-electron chi connectivity index (χ4n) is 2.06. The van der Waals surface area contributed by atoms with Crippen LogP contribution in [0, 0.1) is 6.92 Å². The molecule has 0 fully saturated rings. The van der Waals surface area contributed by atoms with E-state index in [1.165, 1.54) is 16.7 Å². The molecule has 70 valence electrons. The Bertz CT molecular complexity index is 304. The van der Waals surface area contributed by atoms with Crippen molar-refractivity contribution in [2.75, 3.05) is 0 Å². The lowest BCUT2D eigenvalue weighted by Crippen LogP contribution is -2.19. The Balaban J connectivity index is 2.30. The quantitative estimate of drug-likeness (QED) is 0.601. The fraction of sp³-hybridized carbons (Fsp3) is 0.500. The molecule has 1 atom stereocenters. The van der Waals surface area contributed by atoms with Crippen LogP contribution in [0.25, 0.3) is 0 Å². The van der Waals surface area contributed by atoms with Gasteiger partial charge in [0, 0.05) is 6.04 Å². The van der Waals surface area contributed by atoms with Gasteiger partial charge in [0.15, 0.2) is 0 Å². The Morgan fingerprint density at radius 3 is 2.62 bits per heavy atom. The molecule has 2 rings (SSSR count). The zero-order chi connectivity index (χ0) is 9.26. The molecule has 0 saturated carbocycles. The topological polar surface area (TPSA) is 26.0 Å². The van der Waals surface area contributed by atoms with Crippen LogP contribution in [0.15, 0.2) is 18.2 Å². The smallest absolute Gasteiger partial charge is 0.00451 e. The number of aryl methyl sites for hydroxylation is 3. The van der Waals surface area contributed by atoms with Gasteiger partial charge >= 0.3 is 0 Å². The summed E-state index contributed by atoms with van der Waals surface area (Å²) in [5.74, 6) is 0. The van der Waals surface area contributed by atoms with Crippen molar-refractivity contribution in [3.8, 4) is 0 Å². The molecule has 0 aliphatic heterocycles. The fourth-order valence-corrected chi connectivity index (χ4v) is 2.06. The van der Waals surface area contributed by atoms with E-state index < -0.39 is 0 Å². The standard InChI is InChI=1S/C12H17N/c1-9-2-3-10-4-6-12(13)7-5-11(10)8-9/h2-3,8,12H,4-7,13H2,1H3/t12-/m0/s1. The molecule has 0 radical (unpaired) electrons. The van der Waals surface area contributed by atoms with Gasteiger partial charge in [-0.25, -0.2) is 0 Å². The van der Waals surface area contributed by atoms with Crippen LogP contribution >= 0.6 is 0 Å². The molecule has 13 heavy (non-hydrogen) atoms. The van der Waals surface area contributed by atoms with Crippen molar-refractivity contribution in [3.05, 3.63) is 34.9 Å². The first-order valence-corrected chi connectivity index (χ1v) is 5.09. The van der Waals surface area contributed by atoms with Crippen LogP contribution in [0.5, 0.6) is 0 Å². The van der Waals surface area contributed by atoms with Crippen molar-refractivity contribution in [1.82, 2.24) is 0 Å². The Morgan fingerprint density at radius 2 is 1.85 bits per heavy atom. The van der Waals surface area contributed by atoms with E-state index in [0.717, 1.165) is 25.7 Å². The Labute approximate surface area is 80.0 Å². The molecule has 1 aliphatic carbocycles. The van der Waals surface area contributed by atoms with Crippen LogP contribution in [0.2, 0.25) is 0 Å². The predicted molar refractivity (Wildman–Crippen MR) is 55.8 cm³/mol. The largest absolute Gasteiger partial charge is 0.328 e. The van der Waals surface area contributed by atoms with Crippen LogP contribution in [-0.2, 0) is 12.8 Å². The maximum Gasteiger partial charge on any atom is 0.00451 e. The number of hydrogen-bond donors (Lipinski definition) is 1. The van der Waals surface area contributed by atoms with E-state index in [-0.39, 0.29) is 0 Å². The molecule has 1 nitrogen and oxygen atoms in total. The van der Waals surface area contributed by atoms with Crippen LogP contribution in [-0.4, -0.2) is 6.04 Å². The molecule has 0 unspecified atom stereocenters. The zero-order valence-corrected chi connectivity index (χ0v) is 8.22. The van der Waals surface area contributed by atoms with Gasteiger partial charge in [-0.05, 0) is 43.7 Å². The summed E-state index contributed by atoms with van der Waals surface area (Å²) >= 11 is 0. The molecule has 1 aromatic rings. The zero-order valence-electron chi connectivity index (χ0n) is 8.22. The van der Waals surface area contributed by atoms with Gasteiger partial charge in [0.2, 0.25) is 0 Å². The lowest BCUT2D eigenvalue weighted by atomic mass is 10.0. The summed E-state index contributed by atoms with van der Waals surface area (Å²) in [6, 6.07) is 7.19. The number of nitrogens with two attached hydrogens (primary N) is 1. The molecule has 1 heteroatoms. The SMILES string of the molecule is Cc1ccc2c(c1)CC[C@@H](N)CC2. The number of benzene rings is 1. The molecule has 0 amide bonds. The van der Waals surface area contributed by atoms with Crippen molar-refractivity contribution < 1.29 is 0 Å². The van der Waals surface area contributed by atoms with Crippen LogP contribution in [0.1, 0.15) is 29.5 Å². The van der Waals surface area contributed by atoms with E-state index >= 15 is 0 Å². The van der Waals surface area contributed by atoms with Crippen molar-refractivity contribution in [3.63, 3.8) is 0 Å². The third-order valence-corrected chi connectivity index (χ3v) is 2.93. The first-order valence-electron chi connectivity index (χ1n) is 5.09. The molecule has 1 aromatic carbocycles. The van der Waals surface area contributed by atoms with Crippen molar-refractivity contribution in [1.29, 1.82) is 0 Å². The minimum absolute atomic E-state index is 0.410. The van der Waals surface area contributed by atoms with E-state index in [4.69, 9.17) is 5.73 Å². The summed E-state index contributed by atoms with van der Waals surface area (Å²) in [4.78, 5) is 0. The summed E-state index contributed by atoms with van der Waals surface area (Å²) < 4.78 is 0. The van der Waals surface area contributed by atoms with E-state index in [0.29, 0.717) is 6.04 Å². The van der Waals surface area contributed by atoms with Gasteiger partial charge in [0.25, 0.3) is 0 Å². The highest BCUT2D eigenvalue weighted by Gasteiger charge is 2.12. The third kappa shape index (κ3) is 1.92. The third-order valence-electron chi connectivity index (χ3n) is 2.93. The van der Waals surface area contributed by atoms with Crippen LogP contribution < -0.4 is 5.73 Å². The minimum atomic E-state index is 0.410. The number of hydrogen-bond acceptors (Lipinski definition) is 1. The first-order chi connectivity index (χ1) is 6.25. The summed E-state index contributed by atoms with van der Waals surface area (Å²) in [6.07, 6.45) is 4.63. The first kappa shape index (κ1) is 8.76. The van der Waals surface area contributed by atoms with E-state index in [1.54, 1.807) is 0 Å². The highest BCUT2D eigenvalue weighted by atomic mass is 14.6. The normalized spacial score (nSPS) is 22.2. The average Bonchev–Trinajstić information content (AvgIpc) is 2.29. The highest BCUT2D eigenvalue weighted by molar-refractivity contribution is 5.32. The molecule has 2 N–H and O–H groups in total.